The van der Waals surface area contributed by atoms with Gasteiger partial charge in [0.25, 0.3) is 0 Å². The van der Waals surface area contributed by atoms with E-state index in [-0.39, 0.29) is 17.6 Å². The van der Waals surface area contributed by atoms with E-state index < -0.39 is 0 Å². The lowest BCUT2D eigenvalue weighted by atomic mass is 9.99. The lowest BCUT2D eigenvalue weighted by Crippen LogP contribution is -2.52. The van der Waals surface area contributed by atoms with Crippen molar-refractivity contribution >= 4 is 17.5 Å². The largest absolute Gasteiger partial charge is 0.366 e. The summed E-state index contributed by atoms with van der Waals surface area (Å²) in [6.45, 7) is 8.77. The van der Waals surface area contributed by atoms with Gasteiger partial charge in [0, 0.05) is 38.3 Å². The molecule has 2 rings (SSSR count). The van der Waals surface area contributed by atoms with Gasteiger partial charge < -0.3 is 15.1 Å². The summed E-state index contributed by atoms with van der Waals surface area (Å²) in [6, 6.07) is 4.57. The van der Waals surface area contributed by atoms with Crippen molar-refractivity contribution in [1.29, 1.82) is 0 Å². The molecule has 1 N–H and O–H groups in total. The highest BCUT2D eigenvalue weighted by molar-refractivity contribution is 5.94. The molecule has 1 aromatic rings. The smallest absolute Gasteiger partial charge is 0.317 e. The fraction of sp³-hybridized carbons (Fsp3) is 0.619. The van der Waals surface area contributed by atoms with Gasteiger partial charge in [-0.05, 0) is 37.5 Å². The molecule has 0 bridgehead atoms. The minimum Gasteiger partial charge on any atom is -0.366 e. The zero-order valence-electron chi connectivity index (χ0n) is 16.8. The first-order chi connectivity index (χ1) is 13.0. The summed E-state index contributed by atoms with van der Waals surface area (Å²) in [5.74, 6) is -0.00218. The summed E-state index contributed by atoms with van der Waals surface area (Å²) < 4.78 is 14.3. The lowest BCUT2D eigenvalue weighted by Gasteiger charge is -2.36. The maximum atomic E-state index is 14.3. The fourth-order valence-corrected chi connectivity index (χ4v) is 3.42. The van der Waals surface area contributed by atoms with Crippen LogP contribution in [-0.4, -0.2) is 49.4 Å². The molecule has 0 aromatic heterocycles. The minimum atomic E-state index is -0.387. The highest BCUT2D eigenvalue weighted by atomic mass is 19.1. The molecule has 0 spiro atoms. The summed E-state index contributed by atoms with van der Waals surface area (Å²) >= 11 is 0. The third kappa shape index (κ3) is 5.94. The number of carbonyl (C=O) groups is 2. The van der Waals surface area contributed by atoms with E-state index in [1.54, 1.807) is 17.0 Å². The second-order valence-corrected chi connectivity index (χ2v) is 7.30. The molecular weight excluding hydrogens is 345 g/mol. The van der Waals surface area contributed by atoms with Crippen LogP contribution in [0.25, 0.3) is 0 Å². The van der Waals surface area contributed by atoms with Crippen LogP contribution in [0.5, 0.6) is 0 Å². The highest BCUT2D eigenvalue weighted by Crippen LogP contribution is 2.22. The fourth-order valence-electron chi connectivity index (χ4n) is 3.42. The quantitative estimate of drug-likeness (QED) is 0.695. The van der Waals surface area contributed by atoms with Crippen molar-refractivity contribution < 1.29 is 14.0 Å². The monoisotopic (exact) mass is 377 g/mol. The molecule has 0 saturated carbocycles. The molecule has 5 nitrogen and oxygen atoms in total. The van der Waals surface area contributed by atoms with Crippen molar-refractivity contribution in [2.24, 2.45) is 5.92 Å². The van der Waals surface area contributed by atoms with Crippen LogP contribution < -0.4 is 10.2 Å². The number of Topliss-reactive ketones (excluding diaryl/α,β-unsaturated/α-hetero) is 1. The standard InChI is InChI=1S/C21H32FN3O2/c1-4-6-7-17(5-2)15-23-21(27)25-12-10-24(11-13-25)20-9-8-18(16(3)26)14-19(20)22/h8-9,14,17H,4-7,10-13,15H2,1-3H3,(H,23,27)/t17-/m0/s1. The van der Waals surface area contributed by atoms with Crippen molar-refractivity contribution in [3.63, 3.8) is 0 Å². The first-order valence-electron chi connectivity index (χ1n) is 10.0. The lowest BCUT2D eigenvalue weighted by molar-refractivity contribution is 0.101. The molecule has 1 aliphatic heterocycles. The van der Waals surface area contributed by atoms with Crippen LogP contribution in [0.3, 0.4) is 0 Å². The molecule has 1 aliphatic rings. The molecule has 1 saturated heterocycles. The van der Waals surface area contributed by atoms with E-state index in [0.717, 1.165) is 19.4 Å². The predicted molar refractivity (Wildman–Crippen MR) is 107 cm³/mol. The average molecular weight is 378 g/mol. The number of unbranched alkanes of at least 4 members (excludes halogenated alkanes) is 1. The van der Waals surface area contributed by atoms with Gasteiger partial charge in [0.1, 0.15) is 5.82 Å². The van der Waals surface area contributed by atoms with Crippen LogP contribution in [0.1, 0.15) is 56.8 Å². The van der Waals surface area contributed by atoms with Gasteiger partial charge in [-0.15, -0.1) is 0 Å². The van der Waals surface area contributed by atoms with Crippen molar-refractivity contribution in [2.75, 3.05) is 37.6 Å². The third-order valence-electron chi connectivity index (χ3n) is 5.35. The highest BCUT2D eigenvalue weighted by Gasteiger charge is 2.23. The van der Waals surface area contributed by atoms with Crippen molar-refractivity contribution in [2.45, 2.75) is 46.5 Å². The topological polar surface area (TPSA) is 52.7 Å². The van der Waals surface area contributed by atoms with E-state index >= 15 is 0 Å². The first kappa shape index (κ1) is 21.2. The molecule has 0 radical (unpaired) electrons. The van der Waals surface area contributed by atoms with E-state index in [9.17, 15) is 14.0 Å². The molecular formula is C21H32FN3O2. The van der Waals surface area contributed by atoms with Crippen molar-refractivity contribution in [3.05, 3.63) is 29.6 Å². The van der Waals surface area contributed by atoms with Crippen LogP contribution in [0.2, 0.25) is 0 Å². The van der Waals surface area contributed by atoms with Crippen LogP contribution >= 0.6 is 0 Å². The molecule has 150 valence electrons. The summed E-state index contributed by atoms with van der Waals surface area (Å²) in [6.07, 6.45) is 4.59. The Kier molecular flexibility index (Phi) is 8.07. The molecule has 27 heavy (non-hydrogen) atoms. The third-order valence-corrected chi connectivity index (χ3v) is 5.35. The Balaban J connectivity index is 1.84. The number of ketones is 1. The van der Waals surface area contributed by atoms with Gasteiger partial charge in [-0.3, -0.25) is 4.79 Å². The SMILES string of the molecule is CCCC[C@H](CC)CNC(=O)N1CCN(c2ccc(C(C)=O)cc2F)CC1. The molecule has 0 aliphatic carbocycles. The minimum absolute atomic E-state index is 0.0306. The number of piperazine rings is 1. The number of nitrogens with zero attached hydrogens (tertiary/aromatic N) is 2. The van der Waals surface area contributed by atoms with Gasteiger partial charge in [-0.25, -0.2) is 9.18 Å². The molecule has 6 heteroatoms. The number of rotatable bonds is 8. The van der Waals surface area contributed by atoms with Gasteiger partial charge in [0.15, 0.2) is 5.78 Å². The molecule has 0 unspecified atom stereocenters. The van der Waals surface area contributed by atoms with Crippen LogP contribution in [0.4, 0.5) is 14.9 Å². The first-order valence-corrected chi connectivity index (χ1v) is 10.0. The Labute approximate surface area is 161 Å². The van der Waals surface area contributed by atoms with Crippen LogP contribution in [-0.2, 0) is 0 Å². The van der Waals surface area contributed by atoms with Gasteiger partial charge in [0.2, 0.25) is 0 Å². The number of amides is 2. The maximum Gasteiger partial charge on any atom is 0.317 e. The van der Waals surface area contributed by atoms with Gasteiger partial charge >= 0.3 is 6.03 Å². The normalized spacial score (nSPS) is 15.6. The number of halogens is 1. The Hall–Kier alpha value is -2.11. The van der Waals surface area contributed by atoms with E-state index in [2.05, 4.69) is 19.2 Å². The zero-order valence-corrected chi connectivity index (χ0v) is 16.8. The number of hydrogen-bond acceptors (Lipinski definition) is 3. The molecule has 1 heterocycles. The van der Waals surface area contributed by atoms with E-state index in [1.807, 2.05) is 4.90 Å². The average Bonchev–Trinajstić information content (AvgIpc) is 2.68. The van der Waals surface area contributed by atoms with Gasteiger partial charge in [-0.2, -0.15) is 0 Å². The van der Waals surface area contributed by atoms with Crippen LogP contribution in [0, 0.1) is 11.7 Å². The summed E-state index contributed by atoms with van der Waals surface area (Å²) in [5.41, 5.74) is 0.869. The van der Waals surface area contributed by atoms with Crippen molar-refractivity contribution in [1.82, 2.24) is 10.2 Å². The second kappa shape index (κ2) is 10.3. The maximum absolute atomic E-state index is 14.3. The number of benzene rings is 1. The van der Waals surface area contributed by atoms with E-state index in [0.29, 0.717) is 43.3 Å². The molecule has 1 fully saturated rings. The number of urea groups is 1. The van der Waals surface area contributed by atoms with Crippen LogP contribution in [0.15, 0.2) is 18.2 Å². The summed E-state index contributed by atoms with van der Waals surface area (Å²) in [5, 5.41) is 3.06. The Morgan fingerprint density at radius 3 is 2.44 bits per heavy atom. The van der Waals surface area contributed by atoms with Gasteiger partial charge in [-0.1, -0.05) is 33.1 Å². The molecule has 1 aromatic carbocycles. The predicted octanol–water partition coefficient (Wildman–Crippen LogP) is 4.08. The number of anilines is 1. The molecule has 2 amide bonds. The second-order valence-electron chi connectivity index (χ2n) is 7.30. The summed E-state index contributed by atoms with van der Waals surface area (Å²) in [4.78, 5) is 27.5. The van der Waals surface area contributed by atoms with E-state index in [4.69, 9.17) is 0 Å². The Morgan fingerprint density at radius 2 is 1.89 bits per heavy atom. The number of hydrogen-bond donors (Lipinski definition) is 1. The Morgan fingerprint density at radius 1 is 1.19 bits per heavy atom. The summed E-state index contributed by atoms with van der Waals surface area (Å²) in [7, 11) is 0. The van der Waals surface area contributed by atoms with Gasteiger partial charge in [0.05, 0.1) is 5.69 Å². The molecule has 1 atom stereocenters. The zero-order chi connectivity index (χ0) is 19.8. The van der Waals surface area contributed by atoms with E-state index in [1.165, 1.54) is 25.8 Å². The number of nitrogens with one attached hydrogen (secondary N) is 1. The number of carbonyl (C=O) groups excluding carboxylic acids is 2. The Bertz CT molecular complexity index is 642. The van der Waals surface area contributed by atoms with Crippen molar-refractivity contribution in [3.8, 4) is 0 Å².